The van der Waals surface area contributed by atoms with E-state index in [1.165, 1.54) is 24.1 Å². The van der Waals surface area contributed by atoms with Crippen LogP contribution in [0.5, 0.6) is 0 Å². The van der Waals surface area contributed by atoms with E-state index >= 15 is 0 Å². The summed E-state index contributed by atoms with van der Waals surface area (Å²) < 4.78 is 1.94. The molecule has 122 valence electrons. The zero-order valence-corrected chi connectivity index (χ0v) is 13.5. The molecular weight excluding hydrogens is 290 g/mol. The van der Waals surface area contributed by atoms with Crippen LogP contribution in [0.4, 0.5) is 5.82 Å². The summed E-state index contributed by atoms with van der Waals surface area (Å²) in [6.07, 6.45) is 6.71. The third-order valence-electron chi connectivity index (χ3n) is 4.34. The lowest BCUT2D eigenvalue weighted by atomic mass is 10.1. The first-order valence-electron chi connectivity index (χ1n) is 8.39. The molecule has 0 atom stereocenters. The zero-order valence-electron chi connectivity index (χ0n) is 13.5. The molecule has 1 aliphatic rings. The molecule has 2 N–H and O–H groups in total. The molecule has 0 fully saturated rings. The van der Waals surface area contributed by atoms with E-state index in [0.29, 0.717) is 5.56 Å². The van der Waals surface area contributed by atoms with Crippen molar-refractivity contribution in [2.45, 2.75) is 45.4 Å². The number of nitrogens with one attached hydrogen (secondary N) is 1. The Morgan fingerprint density at radius 2 is 2.09 bits per heavy atom. The average Bonchev–Trinajstić information content (AvgIpc) is 2.73. The Balaban J connectivity index is 2.00. The van der Waals surface area contributed by atoms with E-state index in [2.05, 4.69) is 12.2 Å². The number of rotatable bonds is 5. The Morgan fingerprint density at radius 1 is 1.30 bits per heavy atom. The molecule has 2 aromatic rings. The van der Waals surface area contributed by atoms with Crippen molar-refractivity contribution in [3.05, 3.63) is 41.1 Å². The van der Waals surface area contributed by atoms with Crippen molar-refractivity contribution in [3.63, 3.8) is 0 Å². The fourth-order valence-electron chi connectivity index (χ4n) is 3.05. The summed E-state index contributed by atoms with van der Waals surface area (Å²) in [6, 6.07) is 6.92. The summed E-state index contributed by atoms with van der Waals surface area (Å²) >= 11 is 0. The number of benzene rings is 1. The lowest BCUT2D eigenvalue weighted by molar-refractivity contribution is 0.0697. The highest BCUT2D eigenvalue weighted by Crippen LogP contribution is 2.29. The van der Waals surface area contributed by atoms with Crippen LogP contribution in [0.2, 0.25) is 0 Å². The number of carboxylic acids is 1. The summed E-state index contributed by atoms with van der Waals surface area (Å²) in [4.78, 5) is 11.0. The number of hydrogen-bond acceptors (Lipinski definition) is 3. The van der Waals surface area contributed by atoms with Crippen molar-refractivity contribution in [3.8, 4) is 5.69 Å². The number of fused-ring (bicyclic) bond motifs is 1. The molecule has 2 heterocycles. The van der Waals surface area contributed by atoms with Crippen molar-refractivity contribution >= 4 is 11.8 Å². The average molecular weight is 313 g/mol. The van der Waals surface area contributed by atoms with Gasteiger partial charge >= 0.3 is 5.97 Å². The van der Waals surface area contributed by atoms with Crippen molar-refractivity contribution in [2.75, 3.05) is 11.9 Å². The number of aromatic nitrogens is 2. The van der Waals surface area contributed by atoms with E-state index in [0.717, 1.165) is 43.7 Å². The molecule has 1 aliphatic heterocycles. The third-order valence-corrected chi connectivity index (χ3v) is 4.34. The highest BCUT2D eigenvalue weighted by Gasteiger charge is 2.20. The topological polar surface area (TPSA) is 67.2 Å². The number of unbranched alkanes of at least 4 members (excludes halogenated alkanes) is 1. The number of anilines is 1. The van der Waals surface area contributed by atoms with Gasteiger partial charge < -0.3 is 10.4 Å². The highest BCUT2D eigenvalue weighted by atomic mass is 16.4. The molecule has 0 saturated heterocycles. The van der Waals surface area contributed by atoms with Crippen LogP contribution in [0, 0.1) is 0 Å². The minimum atomic E-state index is -0.905. The van der Waals surface area contributed by atoms with Gasteiger partial charge in [-0.1, -0.05) is 13.3 Å². The van der Waals surface area contributed by atoms with Gasteiger partial charge in [0.05, 0.1) is 16.9 Å². The van der Waals surface area contributed by atoms with E-state index in [1.54, 1.807) is 12.1 Å². The summed E-state index contributed by atoms with van der Waals surface area (Å²) in [7, 11) is 0. The molecular formula is C18H23N3O2. The summed E-state index contributed by atoms with van der Waals surface area (Å²) in [5.41, 5.74) is 3.71. The predicted molar refractivity (Wildman–Crippen MR) is 90.6 cm³/mol. The van der Waals surface area contributed by atoms with Gasteiger partial charge in [-0.15, -0.1) is 0 Å². The molecule has 0 saturated carbocycles. The highest BCUT2D eigenvalue weighted by molar-refractivity contribution is 5.87. The maximum Gasteiger partial charge on any atom is 0.335 e. The molecule has 0 radical (unpaired) electrons. The number of hydrogen-bond donors (Lipinski definition) is 2. The zero-order chi connectivity index (χ0) is 16.2. The van der Waals surface area contributed by atoms with Crippen molar-refractivity contribution in [2.24, 2.45) is 0 Å². The fourth-order valence-corrected chi connectivity index (χ4v) is 3.05. The minimum absolute atomic E-state index is 0.297. The van der Waals surface area contributed by atoms with Crippen molar-refractivity contribution in [1.82, 2.24) is 9.78 Å². The van der Waals surface area contributed by atoms with Crippen LogP contribution >= 0.6 is 0 Å². The lowest BCUT2D eigenvalue weighted by Gasteiger charge is -2.09. The first kappa shape index (κ1) is 15.6. The summed E-state index contributed by atoms with van der Waals surface area (Å²) in [6.45, 7) is 3.15. The SMILES string of the molecule is CCCCc1nn(-c2ccc(C(=O)O)cc2)c2c1CCCCN2. The predicted octanol–water partition coefficient (Wildman–Crippen LogP) is 3.66. The number of nitrogens with zero attached hydrogens (tertiary/aromatic N) is 2. The standard InChI is InChI=1S/C18H23N3O2/c1-2-3-7-16-15-6-4-5-12-19-17(15)21(20-16)14-10-8-13(9-11-14)18(22)23/h8-11,19H,2-7,12H2,1H3,(H,22,23). The van der Waals surface area contributed by atoms with Gasteiger partial charge in [-0.05, 0) is 56.4 Å². The minimum Gasteiger partial charge on any atom is -0.478 e. The maximum absolute atomic E-state index is 11.0. The normalized spacial score (nSPS) is 14.0. The van der Waals surface area contributed by atoms with Gasteiger partial charge in [0.1, 0.15) is 5.82 Å². The van der Waals surface area contributed by atoms with Crippen LogP contribution in [0.25, 0.3) is 5.69 Å². The Kier molecular flexibility index (Phi) is 4.65. The Labute approximate surface area is 136 Å². The van der Waals surface area contributed by atoms with Gasteiger partial charge in [-0.2, -0.15) is 5.10 Å². The molecule has 1 aromatic heterocycles. The van der Waals surface area contributed by atoms with Gasteiger partial charge in [-0.3, -0.25) is 0 Å². The van der Waals surface area contributed by atoms with Gasteiger partial charge in [0.25, 0.3) is 0 Å². The molecule has 0 bridgehead atoms. The molecule has 5 heteroatoms. The Bertz CT molecular complexity index is 689. The molecule has 23 heavy (non-hydrogen) atoms. The van der Waals surface area contributed by atoms with Crippen LogP contribution in [0.1, 0.15) is 54.2 Å². The smallest absolute Gasteiger partial charge is 0.335 e. The second kappa shape index (κ2) is 6.86. The number of aryl methyl sites for hydroxylation is 1. The fraction of sp³-hybridized carbons (Fsp3) is 0.444. The maximum atomic E-state index is 11.0. The van der Waals surface area contributed by atoms with Crippen molar-refractivity contribution in [1.29, 1.82) is 0 Å². The summed E-state index contributed by atoms with van der Waals surface area (Å²) in [5.74, 6) is 0.175. The van der Waals surface area contributed by atoms with Crippen LogP contribution in [-0.4, -0.2) is 27.4 Å². The number of carbonyl (C=O) groups is 1. The second-order valence-corrected chi connectivity index (χ2v) is 6.03. The first-order chi connectivity index (χ1) is 11.2. The molecule has 1 aromatic carbocycles. The molecule has 3 rings (SSSR count). The Morgan fingerprint density at radius 3 is 2.78 bits per heavy atom. The largest absolute Gasteiger partial charge is 0.478 e. The summed E-state index contributed by atoms with van der Waals surface area (Å²) in [5, 5.41) is 17.4. The molecule has 0 amide bonds. The third kappa shape index (κ3) is 3.23. The van der Waals surface area contributed by atoms with Gasteiger partial charge in [-0.25, -0.2) is 9.48 Å². The van der Waals surface area contributed by atoms with Gasteiger partial charge in [0.2, 0.25) is 0 Å². The van der Waals surface area contributed by atoms with E-state index in [1.807, 2.05) is 16.8 Å². The van der Waals surface area contributed by atoms with E-state index < -0.39 is 5.97 Å². The van der Waals surface area contributed by atoms with E-state index in [-0.39, 0.29) is 0 Å². The molecule has 5 nitrogen and oxygen atoms in total. The monoisotopic (exact) mass is 313 g/mol. The van der Waals surface area contributed by atoms with Crippen LogP contribution < -0.4 is 5.32 Å². The number of carboxylic acid groups (broad SMARTS) is 1. The molecule has 0 unspecified atom stereocenters. The van der Waals surface area contributed by atoms with Crippen LogP contribution in [0.3, 0.4) is 0 Å². The number of aromatic carboxylic acids is 1. The van der Waals surface area contributed by atoms with Gasteiger partial charge in [0.15, 0.2) is 0 Å². The van der Waals surface area contributed by atoms with Crippen LogP contribution in [0.15, 0.2) is 24.3 Å². The van der Waals surface area contributed by atoms with Gasteiger partial charge in [0, 0.05) is 12.1 Å². The van der Waals surface area contributed by atoms with Crippen LogP contribution in [-0.2, 0) is 12.8 Å². The molecule has 0 aliphatic carbocycles. The van der Waals surface area contributed by atoms with E-state index in [9.17, 15) is 4.79 Å². The second-order valence-electron chi connectivity index (χ2n) is 6.03. The first-order valence-corrected chi connectivity index (χ1v) is 8.39. The van der Waals surface area contributed by atoms with Crippen molar-refractivity contribution < 1.29 is 9.90 Å². The lowest BCUT2D eigenvalue weighted by Crippen LogP contribution is -2.07. The quantitative estimate of drug-likeness (QED) is 0.884. The Hall–Kier alpha value is -2.30. The molecule has 0 spiro atoms. The van der Waals surface area contributed by atoms with E-state index in [4.69, 9.17) is 10.2 Å².